The van der Waals surface area contributed by atoms with Crippen LogP contribution in [0.1, 0.15) is 54.2 Å². The Bertz CT molecular complexity index is 668. The lowest BCUT2D eigenvalue weighted by molar-refractivity contribution is 0.0951. The van der Waals surface area contributed by atoms with Gasteiger partial charge in [0, 0.05) is 24.3 Å². The van der Waals surface area contributed by atoms with E-state index in [0.29, 0.717) is 12.1 Å². The molecule has 1 heterocycles. The highest BCUT2D eigenvalue weighted by molar-refractivity contribution is 5.93. The maximum Gasteiger partial charge on any atom is 0.254 e. The molecule has 1 amide bonds. The van der Waals surface area contributed by atoms with Crippen molar-refractivity contribution in [1.82, 2.24) is 15.1 Å². The molecular weight excluding hydrogens is 276 g/mol. The molecule has 5 heteroatoms. The van der Waals surface area contributed by atoms with Crippen molar-refractivity contribution in [3.63, 3.8) is 0 Å². The maximum absolute atomic E-state index is 12.1. The standard InChI is InChI=1S/C17H22N4O/c1-12(2)21-11-14(10-20-21)16(22)19-9-13-3-5-15(6-4-13)17(18)7-8-17/h3-6,10-12H,7-9,18H2,1-2H3,(H,19,22). The van der Waals surface area contributed by atoms with Crippen LogP contribution in [-0.2, 0) is 12.1 Å². The van der Waals surface area contributed by atoms with Gasteiger partial charge in [-0.05, 0) is 37.8 Å². The van der Waals surface area contributed by atoms with Crippen LogP contribution in [0.3, 0.4) is 0 Å². The largest absolute Gasteiger partial charge is 0.348 e. The second kappa shape index (κ2) is 5.57. The van der Waals surface area contributed by atoms with E-state index < -0.39 is 0 Å². The van der Waals surface area contributed by atoms with Crippen LogP contribution in [0.25, 0.3) is 0 Å². The Hall–Kier alpha value is -2.14. The third-order valence-electron chi connectivity index (χ3n) is 4.16. The van der Waals surface area contributed by atoms with E-state index in [-0.39, 0.29) is 17.5 Å². The van der Waals surface area contributed by atoms with Crippen LogP contribution in [0.5, 0.6) is 0 Å². The maximum atomic E-state index is 12.1. The average Bonchev–Trinajstić information content (AvgIpc) is 3.06. The van der Waals surface area contributed by atoms with E-state index in [1.54, 1.807) is 17.1 Å². The molecule has 0 radical (unpaired) electrons. The molecule has 0 unspecified atom stereocenters. The molecular formula is C17H22N4O. The Morgan fingerprint density at radius 3 is 2.59 bits per heavy atom. The van der Waals surface area contributed by atoms with E-state index in [1.165, 1.54) is 5.56 Å². The summed E-state index contributed by atoms with van der Waals surface area (Å²) in [6.07, 6.45) is 5.49. The van der Waals surface area contributed by atoms with Crippen molar-refractivity contribution in [1.29, 1.82) is 0 Å². The molecule has 0 bridgehead atoms. The summed E-state index contributed by atoms with van der Waals surface area (Å²) in [6.45, 7) is 4.56. The van der Waals surface area contributed by atoms with Crippen LogP contribution < -0.4 is 11.1 Å². The van der Waals surface area contributed by atoms with Crippen LogP contribution in [0.4, 0.5) is 0 Å². The SMILES string of the molecule is CC(C)n1cc(C(=O)NCc2ccc(C3(N)CC3)cc2)cn1. The first kappa shape index (κ1) is 14.8. The molecule has 1 aliphatic rings. The second-order valence-corrected chi connectivity index (χ2v) is 6.34. The van der Waals surface area contributed by atoms with Gasteiger partial charge in [-0.3, -0.25) is 9.48 Å². The number of amides is 1. The van der Waals surface area contributed by atoms with Crippen LogP contribution in [0.15, 0.2) is 36.7 Å². The smallest absolute Gasteiger partial charge is 0.254 e. The van der Waals surface area contributed by atoms with E-state index in [2.05, 4.69) is 22.5 Å². The third-order valence-corrected chi connectivity index (χ3v) is 4.16. The minimum absolute atomic E-state index is 0.103. The van der Waals surface area contributed by atoms with Gasteiger partial charge >= 0.3 is 0 Å². The minimum Gasteiger partial charge on any atom is -0.348 e. The Morgan fingerprint density at radius 1 is 1.36 bits per heavy atom. The molecule has 1 aliphatic carbocycles. The predicted molar refractivity (Wildman–Crippen MR) is 85.3 cm³/mol. The fourth-order valence-electron chi connectivity index (χ4n) is 2.40. The Balaban J connectivity index is 1.58. The molecule has 2 aromatic rings. The van der Waals surface area contributed by atoms with Crippen LogP contribution >= 0.6 is 0 Å². The van der Waals surface area contributed by atoms with E-state index in [1.807, 2.05) is 26.0 Å². The molecule has 0 spiro atoms. The van der Waals surface area contributed by atoms with Gasteiger partial charge < -0.3 is 11.1 Å². The number of benzene rings is 1. The number of carbonyl (C=O) groups excluding carboxylic acids is 1. The number of nitrogens with zero attached hydrogens (tertiary/aromatic N) is 2. The second-order valence-electron chi connectivity index (χ2n) is 6.34. The van der Waals surface area contributed by atoms with Crippen molar-refractivity contribution in [2.45, 2.75) is 44.8 Å². The molecule has 1 aromatic heterocycles. The fourth-order valence-corrected chi connectivity index (χ4v) is 2.40. The molecule has 0 atom stereocenters. The lowest BCUT2D eigenvalue weighted by Gasteiger charge is -2.10. The molecule has 22 heavy (non-hydrogen) atoms. The monoisotopic (exact) mass is 298 g/mol. The van der Waals surface area contributed by atoms with Gasteiger partial charge in [-0.15, -0.1) is 0 Å². The lowest BCUT2D eigenvalue weighted by atomic mass is 10.0. The zero-order valence-electron chi connectivity index (χ0n) is 13.0. The highest BCUT2D eigenvalue weighted by Gasteiger charge is 2.39. The lowest BCUT2D eigenvalue weighted by Crippen LogP contribution is -2.23. The predicted octanol–water partition coefficient (Wildman–Crippen LogP) is 2.34. The highest BCUT2D eigenvalue weighted by Crippen LogP contribution is 2.42. The van der Waals surface area contributed by atoms with Crippen molar-refractivity contribution >= 4 is 5.91 Å². The van der Waals surface area contributed by atoms with Crippen LogP contribution in [0.2, 0.25) is 0 Å². The van der Waals surface area contributed by atoms with Gasteiger partial charge in [-0.2, -0.15) is 5.10 Å². The number of rotatable bonds is 5. The van der Waals surface area contributed by atoms with Gasteiger partial charge in [0.15, 0.2) is 0 Å². The normalized spacial score (nSPS) is 15.8. The summed E-state index contributed by atoms with van der Waals surface area (Å²) in [5, 5.41) is 7.10. The number of nitrogens with two attached hydrogens (primary N) is 1. The van der Waals surface area contributed by atoms with E-state index in [0.717, 1.165) is 18.4 Å². The molecule has 0 aliphatic heterocycles. The van der Waals surface area contributed by atoms with E-state index in [4.69, 9.17) is 5.73 Å². The first-order valence-electron chi connectivity index (χ1n) is 7.69. The van der Waals surface area contributed by atoms with Gasteiger partial charge in [0.1, 0.15) is 0 Å². The van der Waals surface area contributed by atoms with Crippen molar-refractivity contribution in [3.05, 3.63) is 53.3 Å². The minimum atomic E-state index is -0.104. The summed E-state index contributed by atoms with van der Waals surface area (Å²) in [7, 11) is 0. The van der Waals surface area contributed by atoms with Crippen molar-refractivity contribution in [2.24, 2.45) is 5.73 Å². The van der Waals surface area contributed by atoms with E-state index >= 15 is 0 Å². The van der Waals surface area contributed by atoms with Gasteiger partial charge in [0.05, 0.1) is 11.8 Å². The summed E-state index contributed by atoms with van der Waals surface area (Å²) in [6, 6.07) is 8.43. The number of carbonyl (C=O) groups is 1. The van der Waals surface area contributed by atoms with Gasteiger partial charge in [-0.25, -0.2) is 0 Å². The molecule has 1 saturated carbocycles. The van der Waals surface area contributed by atoms with Gasteiger partial charge in [0.25, 0.3) is 5.91 Å². The molecule has 1 aromatic carbocycles. The van der Waals surface area contributed by atoms with Crippen molar-refractivity contribution in [3.8, 4) is 0 Å². The molecule has 116 valence electrons. The zero-order valence-corrected chi connectivity index (χ0v) is 13.0. The quantitative estimate of drug-likeness (QED) is 0.890. The topological polar surface area (TPSA) is 72.9 Å². The first-order valence-corrected chi connectivity index (χ1v) is 7.69. The Labute approximate surface area is 130 Å². The molecule has 0 saturated heterocycles. The number of nitrogens with one attached hydrogen (secondary N) is 1. The number of hydrogen-bond acceptors (Lipinski definition) is 3. The molecule has 3 rings (SSSR count). The van der Waals surface area contributed by atoms with Crippen molar-refractivity contribution < 1.29 is 4.79 Å². The highest BCUT2D eigenvalue weighted by atomic mass is 16.1. The van der Waals surface area contributed by atoms with E-state index in [9.17, 15) is 4.79 Å². The summed E-state index contributed by atoms with van der Waals surface area (Å²) < 4.78 is 1.78. The summed E-state index contributed by atoms with van der Waals surface area (Å²) in [4.78, 5) is 12.1. The van der Waals surface area contributed by atoms with Gasteiger partial charge in [0.2, 0.25) is 0 Å². The average molecular weight is 298 g/mol. The fraction of sp³-hybridized carbons (Fsp3) is 0.412. The first-order chi connectivity index (χ1) is 10.5. The number of aromatic nitrogens is 2. The van der Waals surface area contributed by atoms with Gasteiger partial charge in [-0.1, -0.05) is 24.3 Å². The van der Waals surface area contributed by atoms with Crippen LogP contribution in [0, 0.1) is 0 Å². The summed E-state index contributed by atoms with van der Waals surface area (Å²) >= 11 is 0. The van der Waals surface area contributed by atoms with Crippen LogP contribution in [-0.4, -0.2) is 15.7 Å². The Morgan fingerprint density at radius 2 is 2.05 bits per heavy atom. The number of hydrogen-bond donors (Lipinski definition) is 2. The molecule has 5 nitrogen and oxygen atoms in total. The third kappa shape index (κ3) is 3.04. The van der Waals surface area contributed by atoms with Crippen molar-refractivity contribution in [2.75, 3.05) is 0 Å². The summed E-state index contributed by atoms with van der Waals surface area (Å²) in [5.41, 5.74) is 8.90. The molecule has 1 fully saturated rings. The molecule has 3 N–H and O–H groups in total. The Kier molecular flexibility index (Phi) is 3.74. The zero-order chi connectivity index (χ0) is 15.7. The summed E-state index contributed by atoms with van der Waals surface area (Å²) in [5.74, 6) is -0.103.